The normalized spacial score (nSPS) is 12.3. The van der Waals surface area contributed by atoms with Gasteiger partial charge in [-0.25, -0.2) is 9.97 Å². The molecule has 0 saturated carbocycles. The van der Waals surface area contributed by atoms with Crippen LogP contribution < -0.4 is 0 Å². The van der Waals surface area contributed by atoms with E-state index in [0.29, 0.717) is 12.1 Å². The number of halogens is 3. The number of aryl methyl sites for hydroxylation is 2. The topological polar surface area (TPSA) is 30.7 Å². The predicted octanol–water partition coefficient (Wildman–Crippen LogP) is 2.55. The van der Waals surface area contributed by atoms with Gasteiger partial charge in [0.05, 0.1) is 5.56 Å². The number of hydrogen-bond acceptors (Lipinski definition) is 2. The van der Waals surface area contributed by atoms with Crippen molar-refractivity contribution in [1.82, 2.24) is 14.5 Å². The summed E-state index contributed by atoms with van der Waals surface area (Å²) in [4.78, 5) is 7.90. The van der Waals surface area contributed by atoms with Crippen LogP contribution >= 0.6 is 0 Å². The summed E-state index contributed by atoms with van der Waals surface area (Å²) in [5, 5.41) is 0. The Morgan fingerprint density at radius 2 is 2.06 bits per heavy atom. The molecule has 6 heteroatoms. The lowest BCUT2D eigenvalue weighted by Crippen LogP contribution is -2.05. The first-order chi connectivity index (χ1) is 7.43. The van der Waals surface area contributed by atoms with E-state index in [-0.39, 0.29) is 5.52 Å². The fraction of sp³-hybridized carbons (Fsp3) is 0.400. The molecular formula is C10H10F3N3. The Balaban J connectivity index is 2.64. The Bertz CT molecular complexity index is 528. The van der Waals surface area contributed by atoms with Gasteiger partial charge in [-0.2, -0.15) is 13.2 Å². The highest BCUT2D eigenvalue weighted by atomic mass is 19.4. The summed E-state index contributed by atoms with van der Waals surface area (Å²) in [6, 6.07) is 1.03. The standard InChI is InChI=1S/C10H10F3N3/c1-3-8-15-7-4-6(10(11,12)13)5-14-9(7)16(8)2/h4-5H,3H2,1-2H3. The second-order valence-electron chi connectivity index (χ2n) is 3.51. The molecule has 0 radical (unpaired) electrons. The zero-order chi connectivity index (χ0) is 11.9. The molecule has 2 aromatic heterocycles. The maximum Gasteiger partial charge on any atom is 0.417 e. The molecule has 0 spiro atoms. The van der Waals surface area contributed by atoms with Gasteiger partial charge in [-0.15, -0.1) is 0 Å². The van der Waals surface area contributed by atoms with Crippen molar-refractivity contribution in [2.45, 2.75) is 19.5 Å². The molecule has 0 N–H and O–H groups in total. The molecule has 0 aromatic carbocycles. The molecule has 0 unspecified atom stereocenters. The highest BCUT2D eigenvalue weighted by molar-refractivity contribution is 5.72. The molecule has 2 aromatic rings. The molecule has 0 aliphatic rings. The lowest BCUT2D eigenvalue weighted by Gasteiger charge is -2.05. The van der Waals surface area contributed by atoms with Crippen molar-refractivity contribution in [3.8, 4) is 0 Å². The van der Waals surface area contributed by atoms with Gasteiger partial charge in [0, 0.05) is 19.7 Å². The van der Waals surface area contributed by atoms with E-state index in [0.717, 1.165) is 18.1 Å². The molecule has 2 rings (SSSR count). The maximum absolute atomic E-state index is 12.4. The van der Waals surface area contributed by atoms with Crippen LogP contribution in [0.2, 0.25) is 0 Å². The first-order valence-electron chi connectivity index (χ1n) is 4.82. The van der Waals surface area contributed by atoms with Gasteiger partial charge in [0.25, 0.3) is 0 Å². The first-order valence-corrected chi connectivity index (χ1v) is 4.82. The van der Waals surface area contributed by atoms with Crippen LogP contribution in [0.25, 0.3) is 11.2 Å². The number of aromatic nitrogens is 3. The van der Waals surface area contributed by atoms with Gasteiger partial charge < -0.3 is 4.57 Å². The van der Waals surface area contributed by atoms with Gasteiger partial charge in [0.15, 0.2) is 5.65 Å². The number of alkyl halides is 3. The summed E-state index contributed by atoms with van der Waals surface area (Å²) in [6.45, 7) is 1.89. The van der Waals surface area contributed by atoms with E-state index in [2.05, 4.69) is 9.97 Å². The molecular weight excluding hydrogens is 219 g/mol. The van der Waals surface area contributed by atoms with E-state index < -0.39 is 11.7 Å². The highest BCUT2D eigenvalue weighted by Crippen LogP contribution is 2.30. The first kappa shape index (κ1) is 10.9. The van der Waals surface area contributed by atoms with Crippen LogP contribution in [0.4, 0.5) is 13.2 Å². The molecule has 86 valence electrons. The average Bonchev–Trinajstić information content (AvgIpc) is 2.54. The minimum Gasteiger partial charge on any atom is -0.316 e. The van der Waals surface area contributed by atoms with Crippen LogP contribution in [0, 0.1) is 0 Å². The van der Waals surface area contributed by atoms with Gasteiger partial charge >= 0.3 is 6.18 Å². The van der Waals surface area contributed by atoms with Crippen LogP contribution in [0.3, 0.4) is 0 Å². The summed E-state index contributed by atoms with van der Waals surface area (Å²) < 4.78 is 39.0. The minimum absolute atomic E-state index is 0.286. The molecule has 0 bridgehead atoms. The highest BCUT2D eigenvalue weighted by Gasteiger charge is 2.31. The van der Waals surface area contributed by atoms with Gasteiger partial charge in [-0.3, -0.25) is 0 Å². The van der Waals surface area contributed by atoms with Crippen LogP contribution in [0.5, 0.6) is 0 Å². The Morgan fingerprint density at radius 3 is 2.62 bits per heavy atom. The van der Waals surface area contributed by atoms with Crippen LogP contribution in [-0.2, 0) is 19.6 Å². The number of imidazole rings is 1. The van der Waals surface area contributed by atoms with Crippen LogP contribution in [0.15, 0.2) is 12.3 Å². The molecule has 3 nitrogen and oxygen atoms in total. The third-order valence-corrected chi connectivity index (χ3v) is 2.45. The Morgan fingerprint density at radius 1 is 1.38 bits per heavy atom. The summed E-state index contributed by atoms with van der Waals surface area (Å²) in [6.07, 6.45) is -2.87. The van der Waals surface area contributed by atoms with Crippen molar-refractivity contribution in [1.29, 1.82) is 0 Å². The Hall–Kier alpha value is -1.59. The number of hydrogen-bond donors (Lipinski definition) is 0. The van der Waals surface area contributed by atoms with Gasteiger partial charge in [0.1, 0.15) is 11.3 Å². The lowest BCUT2D eigenvalue weighted by atomic mass is 10.2. The van der Waals surface area contributed by atoms with E-state index in [4.69, 9.17) is 0 Å². The number of nitrogens with zero attached hydrogens (tertiary/aromatic N) is 3. The van der Waals surface area contributed by atoms with Gasteiger partial charge in [-0.1, -0.05) is 6.92 Å². The van der Waals surface area contributed by atoms with Gasteiger partial charge in [0.2, 0.25) is 0 Å². The SMILES string of the molecule is CCc1nc2cc(C(F)(F)F)cnc2n1C. The van der Waals surface area contributed by atoms with Crippen molar-refractivity contribution < 1.29 is 13.2 Å². The van der Waals surface area contributed by atoms with E-state index in [9.17, 15) is 13.2 Å². The van der Waals surface area contributed by atoms with Crippen molar-refractivity contribution in [2.24, 2.45) is 7.05 Å². The van der Waals surface area contributed by atoms with E-state index >= 15 is 0 Å². The number of pyridine rings is 1. The smallest absolute Gasteiger partial charge is 0.316 e. The Kier molecular flexibility index (Phi) is 2.36. The second-order valence-corrected chi connectivity index (χ2v) is 3.51. The second kappa shape index (κ2) is 3.47. The summed E-state index contributed by atoms with van der Waals surface area (Å²) >= 11 is 0. The van der Waals surface area contributed by atoms with Crippen molar-refractivity contribution in [3.05, 3.63) is 23.7 Å². The Labute approximate surface area is 89.9 Å². The molecule has 0 fully saturated rings. The summed E-state index contributed by atoms with van der Waals surface area (Å²) in [5.74, 6) is 0.724. The monoisotopic (exact) mass is 229 g/mol. The fourth-order valence-electron chi connectivity index (χ4n) is 1.59. The van der Waals surface area contributed by atoms with Crippen molar-refractivity contribution in [2.75, 3.05) is 0 Å². The third kappa shape index (κ3) is 1.64. The van der Waals surface area contributed by atoms with E-state index in [1.54, 1.807) is 11.6 Å². The molecule has 2 heterocycles. The van der Waals surface area contributed by atoms with E-state index in [1.165, 1.54) is 0 Å². The summed E-state index contributed by atoms with van der Waals surface area (Å²) in [7, 11) is 1.74. The molecule has 16 heavy (non-hydrogen) atoms. The molecule has 0 atom stereocenters. The zero-order valence-electron chi connectivity index (χ0n) is 8.84. The number of fused-ring (bicyclic) bond motifs is 1. The fourth-order valence-corrected chi connectivity index (χ4v) is 1.59. The van der Waals surface area contributed by atoms with Crippen LogP contribution in [-0.4, -0.2) is 14.5 Å². The zero-order valence-corrected chi connectivity index (χ0v) is 8.84. The van der Waals surface area contributed by atoms with E-state index in [1.807, 2.05) is 6.92 Å². The van der Waals surface area contributed by atoms with Gasteiger partial charge in [-0.05, 0) is 6.07 Å². The van der Waals surface area contributed by atoms with Crippen LogP contribution in [0.1, 0.15) is 18.3 Å². The quantitative estimate of drug-likeness (QED) is 0.752. The molecule has 0 aliphatic carbocycles. The van der Waals surface area contributed by atoms with Crippen molar-refractivity contribution >= 4 is 11.2 Å². The maximum atomic E-state index is 12.4. The van der Waals surface area contributed by atoms with Crippen molar-refractivity contribution in [3.63, 3.8) is 0 Å². The molecule has 0 aliphatic heterocycles. The number of rotatable bonds is 1. The molecule has 0 amide bonds. The lowest BCUT2D eigenvalue weighted by molar-refractivity contribution is -0.137. The largest absolute Gasteiger partial charge is 0.417 e. The average molecular weight is 229 g/mol. The summed E-state index contributed by atoms with van der Waals surface area (Å²) in [5.41, 5.74) is -0.000205. The third-order valence-electron chi connectivity index (χ3n) is 2.45. The predicted molar refractivity (Wildman–Crippen MR) is 52.9 cm³/mol. The minimum atomic E-state index is -4.37. The molecule has 0 saturated heterocycles.